The van der Waals surface area contributed by atoms with Crippen LogP contribution in [-0.2, 0) is 4.74 Å². The lowest BCUT2D eigenvalue weighted by Crippen LogP contribution is -2.48. The Hall–Kier alpha value is -1.73. The number of fused-ring (bicyclic) bond motifs is 1. The van der Waals surface area contributed by atoms with E-state index in [1.54, 1.807) is 6.33 Å². The van der Waals surface area contributed by atoms with E-state index in [1.807, 2.05) is 32.6 Å². The second kappa shape index (κ2) is 6.41. The number of amides is 1. The smallest absolute Gasteiger partial charge is 0.264 e. The van der Waals surface area contributed by atoms with E-state index in [-0.39, 0.29) is 18.1 Å². The van der Waals surface area contributed by atoms with Crippen LogP contribution in [0.15, 0.2) is 6.33 Å². The zero-order chi connectivity index (χ0) is 16.6. The van der Waals surface area contributed by atoms with Crippen molar-refractivity contribution in [2.45, 2.75) is 39.9 Å². The Morgan fingerprint density at radius 2 is 2.09 bits per heavy atom. The molecule has 1 N–H and O–H groups in total. The molecule has 1 fully saturated rings. The zero-order valence-electron chi connectivity index (χ0n) is 13.9. The van der Waals surface area contributed by atoms with Crippen LogP contribution in [0.1, 0.15) is 36.0 Å². The van der Waals surface area contributed by atoms with Gasteiger partial charge in [-0.15, -0.1) is 11.3 Å². The van der Waals surface area contributed by atoms with Crippen molar-refractivity contribution in [3.05, 3.63) is 16.8 Å². The van der Waals surface area contributed by atoms with E-state index in [0.717, 1.165) is 33.0 Å². The van der Waals surface area contributed by atoms with E-state index in [2.05, 4.69) is 15.3 Å². The molecule has 124 valence electrons. The molecule has 3 heterocycles. The van der Waals surface area contributed by atoms with Crippen LogP contribution in [0, 0.1) is 6.92 Å². The molecular formula is C16H22N4O2S. The first-order chi connectivity index (χ1) is 11.0. The highest BCUT2D eigenvalue weighted by Gasteiger charge is 2.29. The Morgan fingerprint density at radius 1 is 1.39 bits per heavy atom. The number of aryl methyl sites for hydroxylation is 1. The first kappa shape index (κ1) is 16.1. The molecule has 2 atom stereocenters. The molecule has 6 nitrogen and oxygen atoms in total. The van der Waals surface area contributed by atoms with Crippen LogP contribution in [0.5, 0.6) is 0 Å². The maximum absolute atomic E-state index is 13.0. The van der Waals surface area contributed by atoms with Crippen molar-refractivity contribution in [2.24, 2.45) is 0 Å². The SMILES string of the molecule is CCNc1ncnc2sc(C(=O)N3C[C@@H](C)O[C@@H](C)C3)c(C)c12. The number of aromatic nitrogens is 2. The van der Waals surface area contributed by atoms with Gasteiger partial charge >= 0.3 is 0 Å². The molecule has 1 saturated heterocycles. The molecule has 7 heteroatoms. The number of nitrogens with zero attached hydrogens (tertiary/aromatic N) is 3. The normalized spacial score (nSPS) is 21.7. The van der Waals surface area contributed by atoms with Gasteiger partial charge in [0.1, 0.15) is 17.0 Å². The summed E-state index contributed by atoms with van der Waals surface area (Å²) in [6.07, 6.45) is 1.67. The average molecular weight is 334 g/mol. The van der Waals surface area contributed by atoms with Gasteiger partial charge in [-0.2, -0.15) is 0 Å². The fourth-order valence-corrected chi connectivity index (χ4v) is 4.18. The van der Waals surface area contributed by atoms with Crippen LogP contribution in [0.4, 0.5) is 5.82 Å². The summed E-state index contributed by atoms with van der Waals surface area (Å²) in [5.41, 5.74) is 0.957. The van der Waals surface area contributed by atoms with Crippen LogP contribution >= 0.6 is 11.3 Å². The van der Waals surface area contributed by atoms with Crippen LogP contribution in [0.25, 0.3) is 10.2 Å². The number of nitrogens with one attached hydrogen (secondary N) is 1. The van der Waals surface area contributed by atoms with Crippen molar-refractivity contribution in [1.29, 1.82) is 0 Å². The maximum atomic E-state index is 13.0. The predicted octanol–water partition coefficient (Wildman–Crippen LogP) is 2.68. The number of rotatable bonds is 3. The van der Waals surface area contributed by atoms with E-state index >= 15 is 0 Å². The number of carbonyl (C=O) groups is 1. The summed E-state index contributed by atoms with van der Waals surface area (Å²) in [5.74, 6) is 0.865. The molecule has 0 saturated carbocycles. The number of hydrogen-bond acceptors (Lipinski definition) is 6. The molecule has 0 bridgehead atoms. The quantitative estimate of drug-likeness (QED) is 0.935. The third-order valence-corrected chi connectivity index (χ3v) is 5.16. The molecule has 1 aliphatic heterocycles. The fourth-order valence-electron chi connectivity index (χ4n) is 3.06. The standard InChI is InChI=1S/C16H22N4O2S/c1-5-17-14-12-11(4)13(23-15(12)19-8-18-14)16(21)20-6-9(2)22-10(3)7-20/h8-10H,5-7H2,1-4H3,(H,17,18,19)/t9-,10+. The summed E-state index contributed by atoms with van der Waals surface area (Å²) in [4.78, 5) is 25.1. The van der Waals surface area contributed by atoms with E-state index in [0.29, 0.717) is 13.1 Å². The zero-order valence-corrected chi connectivity index (χ0v) is 14.7. The molecule has 23 heavy (non-hydrogen) atoms. The topological polar surface area (TPSA) is 67.4 Å². The van der Waals surface area contributed by atoms with E-state index in [1.165, 1.54) is 11.3 Å². The Kier molecular flexibility index (Phi) is 4.50. The minimum atomic E-state index is 0.0643. The Morgan fingerprint density at radius 3 is 2.74 bits per heavy atom. The lowest BCUT2D eigenvalue weighted by atomic mass is 10.1. The van der Waals surface area contributed by atoms with Crippen molar-refractivity contribution in [3.63, 3.8) is 0 Å². The first-order valence-electron chi connectivity index (χ1n) is 7.94. The highest BCUT2D eigenvalue weighted by Crippen LogP contribution is 2.34. The summed E-state index contributed by atoms with van der Waals surface area (Å²) in [5, 5.41) is 4.20. The predicted molar refractivity (Wildman–Crippen MR) is 92.2 cm³/mol. The van der Waals surface area contributed by atoms with Gasteiger partial charge in [0.05, 0.1) is 22.5 Å². The van der Waals surface area contributed by atoms with Crippen molar-refractivity contribution >= 4 is 33.3 Å². The molecule has 1 amide bonds. The van der Waals surface area contributed by atoms with E-state index < -0.39 is 0 Å². The third-order valence-electron chi connectivity index (χ3n) is 3.97. The average Bonchev–Trinajstić information content (AvgIpc) is 2.84. The Labute approximate surface area is 139 Å². The molecule has 0 unspecified atom stereocenters. The summed E-state index contributed by atoms with van der Waals surface area (Å²) in [6.45, 7) is 10.0. The van der Waals surface area contributed by atoms with Gasteiger partial charge in [-0.1, -0.05) is 0 Å². The summed E-state index contributed by atoms with van der Waals surface area (Å²) in [7, 11) is 0. The molecule has 3 rings (SSSR count). The summed E-state index contributed by atoms with van der Waals surface area (Å²) < 4.78 is 5.72. The minimum Gasteiger partial charge on any atom is -0.372 e. The third kappa shape index (κ3) is 3.03. The van der Waals surface area contributed by atoms with Gasteiger partial charge in [0.15, 0.2) is 0 Å². The van der Waals surface area contributed by atoms with Crippen LogP contribution in [-0.4, -0.2) is 52.6 Å². The fraction of sp³-hybridized carbons (Fsp3) is 0.562. The summed E-state index contributed by atoms with van der Waals surface area (Å²) >= 11 is 1.44. The van der Waals surface area contributed by atoms with Crippen molar-refractivity contribution < 1.29 is 9.53 Å². The number of thiophene rings is 1. The van der Waals surface area contributed by atoms with Crippen LogP contribution in [0.3, 0.4) is 0 Å². The number of anilines is 1. The van der Waals surface area contributed by atoms with Gasteiger partial charge < -0.3 is 15.0 Å². The van der Waals surface area contributed by atoms with Crippen molar-refractivity contribution in [2.75, 3.05) is 25.0 Å². The molecule has 1 aliphatic rings. The highest BCUT2D eigenvalue weighted by molar-refractivity contribution is 7.20. The molecule has 2 aromatic heterocycles. The minimum absolute atomic E-state index is 0.0643. The van der Waals surface area contributed by atoms with Crippen LogP contribution < -0.4 is 5.32 Å². The maximum Gasteiger partial charge on any atom is 0.264 e. The van der Waals surface area contributed by atoms with E-state index in [9.17, 15) is 4.79 Å². The number of hydrogen-bond donors (Lipinski definition) is 1. The second-order valence-corrected chi connectivity index (χ2v) is 6.96. The first-order valence-corrected chi connectivity index (χ1v) is 8.75. The number of ether oxygens (including phenoxy) is 1. The van der Waals surface area contributed by atoms with Gasteiger partial charge in [0.2, 0.25) is 0 Å². The largest absolute Gasteiger partial charge is 0.372 e. The van der Waals surface area contributed by atoms with Gasteiger partial charge in [-0.25, -0.2) is 9.97 Å². The lowest BCUT2D eigenvalue weighted by molar-refractivity contribution is -0.0585. The Bertz CT molecular complexity index is 720. The van der Waals surface area contributed by atoms with E-state index in [4.69, 9.17) is 4.74 Å². The van der Waals surface area contributed by atoms with Crippen molar-refractivity contribution in [3.8, 4) is 0 Å². The molecule has 2 aromatic rings. The highest BCUT2D eigenvalue weighted by atomic mass is 32.1. The molecule has 0 radical (unpaired) electrons. The molecule has 0 spiro atoms. The van der Waals surface area contributed by atoms with Gasteiger partial charge in [0.25, 0.3) is 5.91 Å². The monoisotopic (exact) mass is 334 g/mol. The summed E-state index contributed by atoms with van der Waals surface area (Å²) in [6, 6.07) is 0. The second-order valence-electron chi connectivity index (χ2n) is 5.96. The molecule has 0 aromatic carbocycles. The molecule has 0 aliphatic carbocycles. The molecular weight excluding hydrogens is 312 g/mol. The number of morpholine rings is 1. The van der Waals surface area contributed by atoms with Gasteiger partial charge in [0, 0.05) is 19.6 Å². The van der Waals surface area contributed by atoms with Crippen molar-refractivity contribution in [1.82, 2.24) is 14.9 Å². The van der Waals surface area contributed by atoms with Gasteiger partial charge in [-0.05, 0) is 33.3 Å². The van der Waals surface area contributed by atoms with Gasteiger partial charge in [-0.3, -0.25) is 4.79 Å². The number of carbonyl (C=O) groups excluding carboxylic acids is 1. The lowest BCUT2D eigenvalue weighted by Gasteiger charge is -2.35. The Balaban J connectivity index is 1.98. The van der Waals surface area contributed by atoms with Crippen LogP contribution in [0.2, 0.25) is 0 Å².